The third-order valence-electron chi connectivity index (χ3n) is 5.98. The van der Waals surface area contributed by atoms with Crippen LogP contribution in [0.2, 0.25) is 0 Å². The van der Waals surface area contributed by atoms with Crippen LogP contribution in [-0.4, -0.2) is 37.7 Å². The smallest absolute Gasteiger partial charge is 0.872 e. The molecule has 0 bridgehead atoms. The fraction of sp³-hybridized carbons (Fsp3) is 0.600. The molecule has 0 radical (unpaired) electrons. The van der Waals surface area contributed by atoms with Crippen LogP contribution in [0, 0.1) is 0 Å². The molecule has 180 valence electrons. The molecule has 33 heavy (non-hydrogen) atoms. The first-order valence-electron chi connectivity index (χ1n) is 13.2. The van der Waals surface area contributed by atoms with Crippen molar-refractivity contribution >= 4 is 37.7 Å². The van der Waals surface area contributed by atoms with E-state index in [-0.39, 0.29) is 49.2 Å². The van der Waals surface area contributed by atoms with E-state index >= 15 is 0 Å². The van der Waals surface area contributed by atoms with Crippen molar-refractivity contribution in [2.24, 2.45) is 0 Å². The normalized spacial score (nSPS) is 10.2. The van der Waals surface area contributed by atoms with Gasteiger partial charge < -0.3 is 10.2 Å². The second-order valence-corrected chi connectivity index (χ2v) is 9.03. The Balaban J connectivity index is 0.000000602. The fourth-order valence-corrected chi connectivity index (χ4v) is 3.88. The molecule has 0 atom stereocenters. The summed E-state index contributed by atoms with van der Waals surface area (Å²) in [6.07, 6.45) is 21.1. The van der Waals surface area contributed by atoms with Crippen LogP contribution in [-0.2, 0) is 12.8 Å². The predicted octanol–water partition coefficient (Wildman–Crippen LogP) is 7.73. The van der Waals surface area contributed by atoms with E-state index in [9.17, 15) is 10.2 Å². The maximum absolute atomic E-state index is 10.9. The van der Waals surface area contributed by atoms with E-state index in [1.807, 2.05) is 24.3 Å². The largest absolute Gasteiger partial charge is 2.00 e. The summed E-state index contributed by atoms with van der Waals surface area (Å²) < 4.78 is 0. The molecular weight excluding hydrogens is 432 g/mol. The number of hydrogen-bond donors (Lipinski definition) is 0. The van der Waals surface area contributed by atoms with Crippen LogP contribution in [0.15, 0.2) is 48.5 Å². The Morgan fingerprint density at radius 2 is 0.697 bits per heavy atom. The van der Waals surface area contributed by atoms with E-state index in [1.165, 1.54) is 101 Å². The van der Waals surface area contributed by atoms with E-state index in [1.54, 1.807) is 24.3 Å². The molecule has 0 spiro atoms. The van der Waals surface area contributed by atoms with Crippen LogP contribution in [0.4, 0.5) is 0 Å². The van der Waals surface area contributed by atoms with E-state index in [4.69, 9.17) is 0 Å². The van der Waals surface area contributed by atoms with Crippen LogP contribution in [0.25, 0.3) is 0 Å². The summed E-state index contributed by atoms with van der Waals surface area (Å²) >= 11 is 0. The molecule has 2 nitrogen and oxygen atoms in total. The predicted molar refractivity (Wildman–Crippen MR) is 141 cm³/mol. The monoisotopic (exact) mass is 478 g/mol. The number of aryl methyl sites for hydroxylation is 2. The van der Waals surface area contributed by atoms with Crippen LogP contribution >= 0.6 is 0 Å². The molecule has 0 aliphatic heterocycles. The molecule has 2 rings (SSSR count). The van der Waals surface area contributed by atoms with Crippen LogP contribution in [0.3, 0.4) is 0 Å². The minimum absolute atomic E-state index is 0. The van der Waals surface area contributed by atoms with E-state index in [0.29, 0.717) is 0 Å². The van der Waals surface area contributed by atoms with Crippen LogP contribution in [0.1, 0.15) is 115 Å². The van der Waals surface area contributed by atoms with Crippen molar-refractivity contribution in [2.45, 2.75) is 117 Å². The van der Waals surface area contributed by atoms with Crippen molar-refractivity contribution in [1.82, 2.24) is 0 Å². The van der Waals surface area contributed by atoms with Crippen molar-refractivity contribution in [3.63, 3.8) is 0 Å². The summed E-state index contributed by atoms with van der Waals surface area (Å²) in [5, 5.41) is 21.8. The molecule has 0 saturated carbocycles. The second kappa shape index (κ2) is 23.1. The van der Waals surface area contributed by atoms with Gasteiger partial charge in [0, 0.05) is 0 Å². The molecule has 2 aromatic rings. The van der Waals surface area contributed by atoms with Crippen molar-refractivity contribution < 1.29 is 10.2 Å². The third-order valence-corrected chi connectivity index (χ3v) is 5.98. The van der Waals surface area contributed by atoms with Gasteiger partial charge in [-0.05, 0) is 36.8 Å². The van der Waals surface area contributed by atoms with Gasteiger partial charge in [0.25, 0.3) is 0 Å². The van der Waals surface area contributed by atoms with Crippen molar-refractivity contribution in [1.29, 1.82) is 0 Å². The zero-order valence-corrected chi connectivity index (χ0v) is 23.7. The molecule has 0 aromatic heterocycles. The average molecular weight is 479 g/mol. The van der Waals surface area contributed by atoms with Gasteiger partial charge in [0.2, 0.25) is 0 Å². The summed E-state index contributed by atoms with van der Waals surface area (Å²) in [5.74, 6) is 0.228. The Labute approximate surface area is 234 Å². The number of unbranched alkanes of at least 4 members (excludes halogenated alkanes) is 12. The van der Waals surface area contributed by atoms with E-state index in [2.05, 4.69) is 13.8 Å². The zero-order chi connectivity index (χ0) is 23.3. The van der Waals surface area contributed by atoms with Gasteiger partial charge in [-0.15, -0.1) is 11.5 Å². The molecule has 0 aliphatic carbocycles. The SMILES string of the molecule is CCCCCCCCCc1ccc([O-])cc1.CCCCCCCCCc1ccc([O-])cc1.[Ca+2]. The molecule has 0 fully saturated rings. The van der Waals surface area contributed by atoms with Crippen LogP contribution in [0.5, 0.6) is 11.5 Å². The topological polar surface area (TPSA) is 46.1 Å². The molecule has 3 heteroatoms. The van der Waals surface area contributed by atoms with Crippen molar-refractivity contribution in [3.8, 4) is 11.5 Å². The third kappa shape index (κ3) is 19.3. The molecule has 0 unspecified atom stereocenters. The van der Waals surface area contributed by atoms with Crippen molar-refractivity contribution in [3.05, 3.63) is 59.7 Å². The second-order valence-electron chi connectivity index (χ2n) is 9.03. The first-order chi connectivity index (χ1) is 15.7. The Bertz CT molecular complexity index is 593. The quantitative estimate of drug-likeness (QED) is 0.183. The Kier molecular flexibility index (Phi) is 22.6. The fourth-order valence-electron chi connectivity index (χ4n) is 3.88. The molecule has 2 aromatic carbocycles. The summed E-state index contributed by atoms with van der Waals surface area (Å²) in [4.78, 5) is 0. The van der Waals surface area contributed by atoms with Gasteiger partial charge in [0.05, 0.1) is 0 Å². The average Bonchev–Trinajstić information content (AvgIpc) is 2.81. The Hall–Kier alpha value is -0.700. The van der Waals surface area contributed by atoms with Gasteiger partial charge >= 0.3 is 37.7 Å². The molecule has 0 heterocycles. The van der Waals surface area contributed by atoms with Gasteiger partial charge in [-0.25, -0.2) is 0 Å². The zero-order valence-electron chi connectivity index (χ0n) is 21.5. The minimum Gasteiger partial charge on any atom is -0.872 e. The van der Waals surface area contributed by atoms with Gasteiger partial charge in [-0.3, -0.25) is 0 Å². The Morgan fingerprint density at radius 1 is 0.424 bits per heavy atom. The van der Waals surface area contributed by atoms with Gasteiger partial charge in [-0.1, -0.05) is 139 Å². The number of hydrogen-bond acceptors (Lipinski definition) is 2. The van der Waals surface area contributed by atoms with Crippen molar-refractivity contribution in [2.75, 3.05) is 0 Å². The molecule has 0 amide bonds. The molecule has 0 N–H and O–H groups in total. The van der Waals surface area contributed by atoms with E-state index in [0.717, 1.165) is 12.8 Å². The summed E-state index contributed by atoms with van der Waals surface area (Å²) in [7, 11) is 0. The Morgan fingerprint density at radius 3 is 1.00 bits per heavy atom. The maximum Gasteiger partial charge on any atom is 2.00 e. The number of benzene rings is 2. The summed E-state index contributed by atoms with van der Waals surface area (Å²) in [6.45, 7) is 4.50. The first kappa shape index (κ1) is 32.3. The maximum atomic E-state index is 10.9. The molecular formula is C30H46CaO2. The summed E-state index contributed by atoms with van der Waals surface area (Å²) in [5.41, 5.74) is 2.60. The van der Waals surface area contributed by atoms with E-state index < -0.39 is 0 Å². The minimum atomic E-state index is 0. The summed E-state index contributed by atoms with van der Waals surface area (Å²) in [6, 6.07) is 14.5. The van der Waals surface area contributed by atoms with Gasteiger partial charge in [0.15, 0.2) is 0 Å². The molecule has 0 saturated heterocycles. The van der Waals surface area contributed by atoms with Gasteiger partial charge in [-0.2, -0.15) is 0 Å². The standard InChI is InChI=1S/2C15H24O.Ca/c2*1-2-3-4-5-6-7-8-9-14-10-12-15(16)13-11-14;/h2*10-13,16H,2-9H2,1H3;/q;;+2/p-2. The first-order valence-corrected chi connectivity index (χ1v) is 13.2. The molecule has 0 aliphatic rings. The number of rotatable bonds is 16. The van der Waals surface area contributed by atoms with Crippen LogP contribution < -0.4 is 10.2 Å². The van der Waals surface area contributed by atoms with Gasteiger partial charge in [0.1, 0.15) is 0 Å².